The number of benzene rings is 1. The highest BCUT2D eigenvalue weighted by atomic mass is 32.2. The molecule has 0 spiro atoms. The number of hydroxylamine groups is 2. The first-order valence-corrected chi connectivity index (χ1v) is 10.8. The van der Waals surface area contributed by atoms with E-state index in [1.165, 1.54) is 5.56 Å². The zero-order chi connectivity index (χ0) is 19.4. The summed E-state index contributed by atoms with van der Waals surface area (Å²) in [7, 11) is -1.75. The van der Waals surface area contributed by atoms with Crippen molar-refractivity contribution in [1.82, 2.24) is 14.8 Å². The summed E-state index contributed by atoms with van der Waals surface area (Å²) in [5, 5.41) is 0.990. The van der Waals surface area contributed by atoms with Crippen LogP contribution in [0.1, 0.15) is 42.6 Å². The van der Waals surface area contributed by atoms with Crippen LogP contribution in [0.5, 0.6) is 0 Å². The zero-order valence-corrected chi connectivity index (χ0v) is 16.8. The van der Waals surface area contributed by atoms with Crippen LogP contribution in [-0.4, -0.2) is 43.9 Å². The molecule has 2 atom stereocenters. The van der Waals surface area contributed by atoms with E-state index in [1.54, 1.807) is 18.3 Å². The molecule has 0 saturated carbocycles. The van der Waals surface area contributed by atoms with Crippen LogP contribution in [-0.2, 0) is 21.3 Å². The van der Waals surface area contributed by atoms with E-state index in [4.69, 9.17) is 4.84 Å². The van der Waals surface area contributed by atoms with Gasteiger partial charge >= 0.3 is 0 Å². The van der Waals surface area contributed by atoms with Crippen LogP contribution in [0.2, 0.25) is 0 Å². The lowest BCUT2D eigenvalue weighted by atomic mass is 9.98. The van der Waals surface area contributed by atoms with Gasteiger partial charge in [0.2, 0.25) is 10.0 Å². The molecule has 0 bridgehead atoms. The third-order valence-electron chi connectivity index (χ3n) is 4.94. The average Bonchev–Trinajstić information content (AvgIpc) is 3.05. The van der Waals surface area contributed by atoms with Crippen molar-refractivity contribution in [2.75, 3.05) is 20.2 Å². The minimum atomic E-state index is -3.53. The summed E-state index contributed by atoms with van der Waals surface area (Å²) in [6.45, 7) is 4.74. The van der Waals surface area contributed by atoms with Crippen molar-refractivity contribution >= 4 is 10.0 Å². The molecule has 27 heavy (non-hydrogen) atoms. The van der Waals surface area contributed by atoms with E-state index in [9.17, 15) is 8.42 Å². The molecule has 1 aliphatic heterocycles. The van der Waals surface area contributed by atoms with Crippen LogP contribution >= 0.6 is 0 Å². The molecule has 7 heteroatoms. The van der Waals surface area contributed by atoms with Gasteiger partial charge in [-0.2, -0.15) is 5.06 Å². The van der Waals surface area contributed by atoms with Gasteiger partial charge in [-0.25, -0.2) is 13.1 Å². The number of aromatic nitrogens is 1. The van der Waals surface area contributed by atoms with Crippen molar-refractivity contribution in [1.29, 1.82) is 0 Å². The quantitative estimate of drug-likeness (QED) is 0.788. The van der Waals surface area contributed by atoms with Crippen molar-refractivity contribution in [3.05, 3.63) is 65.5 Å². The molecule has 2 aromatic rings. The van der Waals surface area contributed by atoms with Gasteiger partial charge in [0.25, 0.3) is 0 Å². The van der Waals surface area contributed by atoms with E-state index in [-0.39, 0.29) is 12.6 Å². The maximum absolute atomic E-state index is 12.9. The molecule has 1 N–H and O–H groups in total. The fourth-order valence-electron chi connectivity index (χ4n) is 3.33. The van der Waals surface area contributed by atoms with Gasteiger partial charge in [0.05, 0.1) is 12.6 Å². The van der Waals surface area contributed by atoms with E-state index in [1.807, 2.05) is 30.3 Å². The number of rotatable bonds is 7. The Morgan fingerprint density at radius 3 is 2.59 bits per heavy atom. The molecule has 146 valence electrons. The van der Waals surface area contributed by atoms with Gasteiger partial charge in [0, 0.05) is 31.9 Å². The zero-order valence-electron chi connectivity index (χ0n) is 16.0. The molecule has 1 aliphatic rings. The van der Waals surface area contributed by atoms with Crippen LogP contribution in [0, 0.1) is 0 Å². The highest BCUT2D eigenvalue weighted by Crippen LogP contribution is 2.33. The Hall–Kier alpha value is -1.80. The Bertz CT molecular complexity index is 839. The highest BCUT2D eigenvalue weighted by molar-refractivity contribution is 7.90. The number of sulfonamides is 1. The molecule has 0 unspecified atom stereocenters. The molecular weight excluding hydrogens is 362 g/mol. The third kappa shape index (κ3) is 4.73. The summed E-state index contributed by atoms with van der Waals surface area (Å²) in [6.07, 6.45) is 2.26. The van der Waals surface area contributed by atoms with Gasteiger partial charge in [0.1, 0.15) is 5.25 Å². The predicted octanol–water partition coefficient (Wildman–Crippen LogP) is 2.65. The molecule has 0 radical (unpaired) electrons. The van der Waals surface area contributed by atoms with E-state index in [0.29, 0.717) is 18.9 Å². The van der Waals surface area contributed by atoms with Crippen LogP contribution < -0.4 is 4.72 Å². The number of nitrogens with zero attached hydrogens (tertiary/aromatic N) is 2. The minimum absolute atomic E-state index is 0.145. The molecule has 0 amide bonds. The standard InChI is InChI=1S/C20H27N3O3S/c1-15(2)16-7-9-17(10-8-16)20-19(14-26-23(20)3)27(24,25)22-13-11-18-6-4-5-12-21-18/h4-10,12,15,19-20,22H,11,13-14H2,1-3H3/t19-,20-/m0/s1. The van der Waals surface area contributed by atoms with Crippen molar-refractivity contribution < 1.29 is 13.3 Å². The minimum Gasteiger partial charge on any atom is -0.297 e. The number of hydrogen-bond acceptors (Lipinski definition) is 5. The fraction of sp³-hybridized carbons (Fsp3) is 0.450. The lowest BCUT2D eigenvalue weighted by Gasteiger charge is -2.23. The Balaban J connectivity index is 1.71. The van der Waals surface area contributed by atoms with Crippen LogP contribution in [0.15, 0.2) is 48.7 Å². The van der Waals surface area contributed by atoms with Gasteiger partial charge in [-0.3, -0.25) is 9.82 Å². The summed E-state index contributed by atoms with van der Waals surface area (Å²) in [6, 6.07) is 13.4. The number of hydrogen-bond donors (Lipinski definition) is 1. The third-order valence-corrected chi connectivity index (χ3v) is 6.74. The van der Waals surface area contributed by atoms with Gasteiger partial charge in [-0.15, -0.1) is 0 Å². The highest BCUT2D eigenvalue weighted by Gasteiger charge is 2.42. The Morgan fingerprint density at radius 2 is 1.96 bits per heavy atom. The normalized spacial score (nSPS) is 21.0. The molecule has 2 heterocycles. The second-order valence-corrected chi connectivity index (χ2v) is 9.14. The van der Waals surface area contributed by atoms with E-state index < -0.39 is 15.3 Å². The molecule has 6 nitrogen and oxygen atoms in total. The lowest BCUT2D eigenvalue weighted by Crippen LogP contribution is -2.40. The molecule has 1 saturated heterocycles. The molecule has 1 fully saturated rings. The number of nitrogens with one attached hydrogen (secondary N) is 1. The van der Waals surface area contributed by atoms with Gasteiger partial charge in [0.15, 0.2) is 0 Å². The van der Waals surface area contributed by atoms with Crippen molar-refractivity contribution in [2.24, 2.45) is 0 Å². The Kier molecular flexibility index (Phi) is 6.26. The monoisotopic (exact) mass is 389 g/mol. The first kappa shape index (κ1) is 19.9. The van der Waals surface area contributed by atoms with E-state index in [0.717, 1.165) is 11.3 Å². The van der Waals surface area contributed by atoms with Crippen LogP contribution in [0.3, 0.4) is 0 Å². The van der Waals surface area contributed by atoms with E-state index in [2.05, 4.69) is 35.7 Å². The van der Waals surface area contributed by atoms with Gasteiger partial charge in [-0.1, -0.05) is 44.2 Å². The Morgan fingerprint density at radius 1 is 1.22 bits per heavy atom. The smallest absolute Gasteiger partial charge is 0.218 e. The first-order valence-electron chi connectivity index (χ1n) is 9.22. The van der Waals surface area contributed by atoms with Crippen LogP contribution in [0.4, 0.5) is 0 Å². The summed E-state index contributed by atoms with van der Waals surface area (Å²) in [5.74, 6) is 0.435. The molecule has 1 aromatic heterocycles. The summed E-state index contributed by atoms with van der Waals surface area (Å²) >= 11 is 0. The molecule has 3 rings (SSSR count). The van der Waals surface area contributed by atoms with Gasteiger partial charge in [-0.05, 0) is 29.2 Å². The van der Waals surface area contributed by atoms with Crippen molar-refractivity contribution in [2.45, 2.75) is 37.5 Å². The second kappa shape index (κ2) is 8.48. The summed E-state index contributed by atoms with van der Waals surface area (Å²) < 4.78 is 28.5. The molecule has 0 aliphatic carbocycles. The largest absolute Gasteiger partial charge is 0.297 e. The van der Waals surface area contributed by atoms with Crippen molar-refractivity contribution in [3.63, 3.8) is 0 Å². The fourth-order valence-corrected chi connectivity index (χ4v) is 4.84. The Labute approximate surface area is 161 Å². The summed E-state index contributed by atoms with van der Waals surface area (Å²) in [4.78, 5) is 9.79. The number of pyridine rings is 1. The van der Waals surface area contributed by atoms with Crippen molar-refractivity contribution in [3.8, 4) is 0 Å². The van der Waals surface area contributed by atoms with Crippen LogP contribution in [0.25, 0.3) is 0 Å². The maximum Gasteiger partial charge on any atom is 0.218 e. The molecular formula is C20H27N3O3S. The SMILES string of the molecule is CC(C)c1ccc([C@H]2[C@@H](S(=O)(=O)NCCc3ccccn3)CON2C)cc1. The average molecular weight is 390 g/mol. The predicted molar refractivity (Wildman–Crippen MR) is 106 cm³/mol. The lowest BCUT2D eigenvalue weighted by molar-refractivity contribution is -0.110. The first-order chi connectivity index (χ1) is 12.9. The van der Waals surface area contributed by atoms with E-state index >= 15 is 0 Å². The molecule has 1 aromatic carbocycles. The maximum atomic E-state index is 12.9. The second-order valence-electron chi connectivity index (χ2n) is 7.16. The topological polar surface area (TPSA) is 71.5 Å². The van der Waals surface area contributed by atoms with Gasteiger partial charge < -0.3 is 0 Å². The summed E-state index contributed by atoms with van der Waals surface area (Å²) in [5.41, 5.74) is 3.04.